The van der Waals surface area contributed by atoms with Crippen LogP contribution in [0.2, 0.25) is 0 Å². The number of hydrogen-bond acceptors (Lipinski definition) is 8. The fourth-order valence-corrected chi connectivity index (χ4v) is 3.14. The lowest BCUT2D eigenvalue weighted by molar-refractivity contribution is -0.117. The van der Waals surface area contributed by atoms with Crippen LogP contribution in [0.15, 0.2) is 31.1 Å². The number of benzene rings is 1. The molecule has 2 atom stereocenters. The summed E-state index contributed by atoms with van der Waals surface area (Å²) in [6.07, 6.45) is 4.56. The summed E-state index contributed by atoms with van der Waals surface area (Å²) < 4.78 is 49.6. The number of nitrogens with zero attached hydrogens (tertiary/aromatic N) is 2. The lowest BCUT2D eigenvalue weighted by Gasteiger charge is -2.32. The van der Waals surface area contributed by atoms with Gasteiger partial charge in [0.15, 0.2) is 28.9 Å². The van der Waals surface area contributed by atoms with Crippen LogP contribution >= 0.6 is 0 Å². The third kappa shape index (κ3) is 5.41. The molecule has 2 aromatic rings. The smallest absolute Gasteiger partial charge is 0.243 e. The van der Waals surface area contributed by atoms with E-state index in [0.717, 1.165) is 6.07 Å². The Morgan fingerprint density at radius 3 is 2.47 bits per heavy atom. The van der Waals surface area contributed by atoms with E-state index in [4.69, 9.17) is 18.9 Å². The average Bonchev–Trinajstić information content (AvgIpc) is 2.81. The predicted molar refractivity (Wildman–Crippen MR) is 111 cm³/mol. The predicted octanol–water partition coefficient (Wildman–Crippen LogP) is 2.22. The Morgan fingerprint density at radius 2 is 1.88 bits per heavy atom. The van der Waals surface area contributed by atoms with Gasteiger partial charge in [-0.2, -0.15) is 0 Å². The summed E-state index contributed by atoms with van der Waals surface area (Å²) in [6, 6.07) is 0.701. The van der Waals surface area contributed by atoms with Crippen molar-refractivity contribution < 1.29 is 32.5 Å². The molecule has 1 aromatic heterocycles. The van der Waals surface area contributed by atoms with Crippen LogP contribution in [0, 0.1) is 11.6 Å². The molecule has 1 aliphatic heterocycles. The largest absolute Gasteiger partial charge is 0.494 e. The maximum Gasteiger partial charge on any atom is 0.243 e. The normalized spacial score (nSPS) is 17.9. The monoisotopic (exact) mass is 450 g/mol. The van der Waals surface area contributed by atoms with Gasteiger partial charge < -0.3 is 29.6 Å². The second-order valence-electron chi connectivity index (χ2n) is 6.85. The first kappa shape index (κ1) is 23.2. The first-order chi connectivity index (χ1) is 15.5. The second kappa shape index (κ2) is 10.7. The van der Waals surface area contributed by atoms with Crippen LogP contribution in [0.25, 0.3) is 0 Å². The molecule has 1 fully saturated rings. The maximum absolute atomic E-state index is 14.4. The van der Waals surface area contributed by atoms with Gasteiger partial charge >= 0.3 is 0 Å². The molecule has 32 heavy (non-hydrogen) atoms. The van der Waals surface area contributed by atoms with E-state index in [0.29, 0.717) is 19.6 Å². The van der Waals surface area contributed by atoms with Crippen molar-refractivity contribution in [3.8, 4) is 17.2 Å². The number of ether oxygens (including phenoxy) is 4. The van der Waals surface area contributed by atoms with Gasteiger partial charge in [0.2, 0.25) is 11.9 Å². The molecule has 0 bridgehead atoms. The van der Waals surface area contributed by atoms with Crippen LogP contribution in [-0.4, -0.2) is 55.4 Å². The topological polar surface area (TPSA) is 104 Å². The highest BCUT2D eigenvalue weighted by Crippen LogP contribution is 2.32. The molecule has 0 spiro atoms. The average molecular weight is 450 g/mol. The van der Waals surface area contributed by atoms with Gasteiger partial charge in [-0.25, -0.2) is 18.7 Å². The van der Waals surface area contributed by atoms with Gasteiger partial charge in [0.25, 0.3) is 0 Å². The zero-order valence-corrected chi connectivity index (χ0v) is 17.7. The first-order valence-electron chi connectivity index (χ1n) is 9.77. The Morgan fingerprint density at radius 1 is 1.22 bits per heavy atom. The fourth-order valence-electron chi connectivity index (χ4n) is 3.14. The molecular formula is C21H24F2N4O5. The van der Waals surface area contributed by atoms with E-state index in [-0.39, 0.29) is 46.8 Å². The zero-order chi connectivity index (χ0) is 23.1. The molecule has 0 saturated carbocycles. The molecule has 0 radical (unpaired) electrons. The lowest BCUT2D eigenvalue weighted by Crippen LogP contribution is -2.52. The molecular weight excluding hydrogens is 426 g/mol. The van der Waals surface area contributed by atoms with E-state index >= 15 is 0 Å². The van der Waals surface area contributed by atoms with Crippen molar-refractivity contribution in [1.82, 2.24) is 15.3 Å². The lowest BCUT2D eigenvalue weighted by atomic mass is 10.0. The van der Waals surface area contributed by atoms with E-state index in [2.05, 4.69) is 27.2 Å². The van der Waals surface area contributed by atoms with Gasteiger partial charge in [0.1, 0.15) is 6.61 Å². The van der Waals surface area contributed by atoms with Gasteiger partial charge in [0, 0.05) is 12.7 Å². The summed E-state index contributed by atoms with van der Waals surface area (Å²) >= 11 is 0. The van der Waals surface area contributed by atoms with E-state index in [9.17, 15) is 13.6 Å². The molecule has 1 aromatic carbocycles. The highest BCUT2D eigenvalue weighted by molar-refractivity contribution is 5.87. The summed E-state index contributed by atoms with van der Waals surface area (Å²) in [4.78, 5) is 19.9. The minimum Gasteiger partial charge on any atom is -0.494 e. The molecule has 2 N–H and O–H groups in total. The zero-order valence-electron chi connectivity index (χ0n) is 17.7. The van der Waals surface area contributed by atoms with E-state index in [1.807, 2.05) is 0 Å². The number of methoxy groups -OCH3 is 2. The molecule has 11 heteroatoms. The minimum absolute atomic E-state index is 0.162. The third-order valence-electron chi connectivity index (χ3n) is 4.86. The van der Waals surface area contributed by atoms with Crippen molar-refractivity contribution in [3.05, 3.63) is 48.3 Å². The highest BCUT2D eigenvalue weighted by Gasteiger charge is 2.27. The molecule has 172 valence electrons. The summed E-state index contributed by atoms with van der Waals surface area (Å²) in [6.45, 7) is 3.91. The van der Waals surface area contributed by atoms with Crippen LogP contribution in [0.5, 0.6) is 17.2 Å². The standard InChI is InChI=1S/C21H24F2N4O5/c1-4-18(28)26-14-5-6-31-11-15(14)27-21-24-8-12(9-25-21)32-10-13-19(22)16(29-2)7-17(30-3)20(13)23/h4,7-9,14-15H,1,5-6,10-11H2,2-3H3,(H,26,28)(H,24,25,27). The minimum atomic E-state index is -0.880. The maximum atomic E-state index is 14.4. The van der Waals surface area contributed by atoms with Gasteiger partial charge in [-0.05, 0) is 12.5 Å². The van der Waals surface area contributed by atoms with Crippen molar-refractivity contribution in [2.75, 3.05) is 32.8 Å². The van der Waals surface area contributed by atoms with Gasteiger partial charge in [-0.15, -0.1) is 0 Å². The summed E-state index contributed by atoms with van der Waals surface area (Å²) in [5, 5.41) is 5.95. The molecule has 9 nitrogen and oxygen atoms in total. The van der Waals surface area contributed by atoms with Crippen molar-refractivity contribution in [2.45, 2.75) is 25.1 Å². The summed E-state index contributed by atoms with van der Waals surface area (Å²) in [5.74, 6) is -1.87. The Labute approximate surface area is 183 Å². The van der Waals surface area contributed by atoms with E-state index in [1.54, 1.807) is 0 Å². The number of rotatable bonds is 9. The Bertz CT molecular complexity index is 930. The number of amides is 1. The number of anilines is 1. The van der Waals surface area contributed by atoms with Crippen LogP contribution in [0.1, 0.15) is 12.0 Å². The summed E-state index contributed by atoms with van der Waals surface area (Å²) in [7, 11) is 2.54. The molecule has 1 aliphatic rings. The third-order valence-corrected chi connectivity index (χ3v) is 4.86. The summed E-state index contributed by atoms with van der Waals surface area (Å²) in [5.41, 5.74) is -0.344. The number of hydrogen-bond donors (Lipinski definition) is 2. The van der Waals surface area contributed by atoms with Crippen LogP contribution < -0.4 is 24.8 Å². The van der Waals surface area contributed by atoms with Crippen molar-refractivity contribution >= 4 is 11.9 Å². The second-order valence-corrected chi connectivity index (χ2v) is 6.85. The van der Waals surface area contributed by atoms with Crippen LogP contribution in [-0.2, 0) is 16.1 Å². The molecule has 2 unspecified atom stereocenters. The SMILES string of the molecule is C=CC(=O)NC1CCOCC1Nc1ncc(OCc2c(F)c(OC)cc(OC)c2F)cn1. The highest BCUT2D eigenvalue weighted by atomic mass is 19.1. The number of aromatic nitrogens is 2. The van der Waals surface area contributed by atoms with Crippen molar-refractivity contribution in [2.24, 2.45) is 0 Å². The quantitative estimate of drug-likeness (QED) is 0.561. The van der Waals surface area contributed by atoms with Gasteiger partial charge in [-0.1, -0.05) is 6.58 Å². The van der Waals surface area contributed by atoms with Crippen LogP contribution in [0.3, 0.4) is 0 Å². The van der Waals surface area contributed by atoms with E-state index in [1.165, 1.54) is 32.7 Å². The molecule has 2 heterocycles. The first-order valence-corrected chi connectivity index (χ1v) is 9.77. The van der Waals surface area contributed by atoms with Crippen molar-refractivity contribution in [3.63, 3.8) is 0 Å². The molecule has 1 saturated heterocycles. The number of halogens is 2. The van der Waals surface area contributed by atoms with Gasteiger partial charge in [-0.3, -0.25) is 4.79 Å². The van der Waals surface area contributed by atoms with E-state index < -0.39 is 18.2 Å². The van der Waals surface area contributed by atoms with Crippen molar-refractivity contribution in [1.29, 1.82) is 0 Å². The number of carbonyl (C=O) groups is 1. The Balaban J connectivity index is 1.65. The molecule has 0 aliphatic carbocycles. The van der Waals surface area contributed by atoms with Crippen LogP contribution in [0.4, 0.5) is 14.7 Å². The molecule has 1 amide bonds. The number of carbonyl (C=O) groups excluding carboxylic acids is 1. The fraction of sp³-hybridized carbons (Fsp3) is 0.381. The molecule has 3 rings (SSSR count). The van der Waals surface area contributed by atoms with Gasteiger partial charge in [0.05, 0.1) is 50.9 Å². The Hall–Kier alpha value is -3.47. The number of nitrogens with one attached hydrogen (secondary N) is 2. The Kier molecular flexibility index (Phi) is 7.77.